The molecule has 1 unspecified atom stereocenters. The molecule has 1 aromatic carbocycles. The van der Waals surface area contributed by atoms with Gasteiger partial charge in [-0.15, -0.1) is 0 Å². The minimum absolute atomic E-state index is 0.127. The molecule has 1 N–H and O–H groups in total. The van der Waals surface area contributed by atoms with E-state index in [1.807, 2.05) is 0 Å². The number of aromatic nitrogens is 2. The first-order valence-corrected chi connectivity index (χ1v) is 6.67. The summed E-state index contributed by atoms with van der Waals surface area (Å²) in [5.41, 5.74) is 0.328. The van der Waals surface area contributed by atoms with Crippen LogP contribution in [0.1, 0.15) is 34.9 Å². The highest BCUT2D eigenvalue weighted by atomic mass is 19.1. The van der Waals surface area contributed by atoms with E-state index in [2.05, 4.69) is 15.3 Å². The molecular formula is C15H13F2N3O. The van der Waals surface area contributed by atoms with Crippen molar-refractivity contribution in [2.45, 2.75) is 18.9 Å². The van der Waals surface area contributed by atoms with Crippen LogP contribution in [0.25, 0.3) is 0 Å². The maximum atomic E-state index is 13.9. The van der Waals surface area contributed by atoms with E-state index < -0.39 is 23.6 Å². The molecule has 4 nitrogen and oxygen atoms in total. The second kappa shape index (κ2) is 5.55. The number of amides is 1. The number of hydrogen-bond acceptors (Lipinski definition) is 3. The molecule has 0 bridgehead atoms. The highest BCUT2D eigenvalue weighted by molar-refractivity contribution is 5.92. The van der Waals surface area contributed by atoms with Crippen LogP contribution in [0.3, 0.4) is 0 Å². The third-order valence-corrected chi connectivity index (χ3v) is 3.47. The number of benzene rings is 1. The van der Waals surface area contributed by atoms with Crippen LogP contribution in [0, 0.1) is 17.6 Å². The molecule has 1 amide bonds. The van der Waals surface area contributed by atoms with Crippen LogP contribution in [-0.4, -0.2) is 15.9 Å². The number of carbonyl (C=O) groups is 1. The fraction of sp³-hybridized carbons (Fsp3) is 0.267. The molecule has 1 saturated carbocycles. The molecule has 1 fully saturated rings. The first kappa shape index (κ1) is 13.6. The monoisotopic (exact) mass is 289 g/mol. The molecule has 1 aromatic heterocycles. The number of nitrogens with zero attached hydrogens (tertiary/aromatic N) is 2. The molecule has 0 aliphatic heterocycles. The predicted molar refractivity (Wildman–Crippen MR) is 71.3 cm³/mol. The first-order valence-electron chi connectivity index (χ1n) is 6.67. The Morgan fingerprint density at radius 2 is 2.10 bits per heavy atom. The summed E-state index contributed by atoms with van der Waals surface area (Å²) in [7, 11) is 0. The van der Waals surface area contributed by atoms with E-state index in [4.69, 9.17) is 0 Å². The molecule has 2 aromatic rings. The molecule has 21 heavy (non-hydrogen) atoms. The second-order valence-electron chi connectivity index (χ2n) is 5.05. The van der Waals surface area contributed by atoms with Crippen molar-refractivity contribution in [2.24, 2.45) is 5.92 Å². The number of nitrogens with one attached hydrogen (secondary N) is 1. The Kier molecular flexibility index (Phi) is 3.60. The van der Waals surface area contributed by atoms with Gasteiger partial charge in [-0.1, -0.05) is 0 Å². The van der Waals surface area contributed by atoms with Gasteiger partial charge in [0.05, 0.1) is 12.2 Å². The van der Waals surface area contributed by atoms with Crippen molar-refractivity contribution >= 4 is 5.91 Å². The summed E-state index contributed by atoms with van der Waals surface area (Å²) >= 11 is 0. The normalized spacial score (nSPS) is 15.5. The van der Waals surface area contributed by atoms with E-state index in [0.29, 0.717) is 0 Å². The minimum Gasteiger partial charge on any atom is -0.343 e. The standard InChI is InChI=1S/C15H13F2N3O/c16-10-3-4-12(17)11(7-10)14(9-1-2-9)20-15(21)13-8-18-5-6-19-13/h3-9,14H,1-2H2,(H,20,21). The van der Waals surface area contributed by atoms with Gasteiger partial charge in [0.25, 0.3) is 5.91 Å². The van der Waals surface area contributed by atoms with Gasteiger partial charge < -0.3 is 5.32 Å². The number of carbonyl (C=O) groups excluding carboxylic acids is 1. The van der Waals surface area contributed by atoms with Crippen molar-refractivity contribution in [3.05, 3.63) is 59.7 Å². The van der Waals surface area contributed by atoms with Crippen molar-refractivity contribution in [1.29, 1.82) is 0 Å². The van der Waals surface area contributed by atoms with Crippen LogP contribution in [0.15, 0.2) is 36.8 Å². The zero-order chi connectivity index (χ0) is 14.8. The van der Waals surface area contributed by atoms with Crippen LogP contribution in [-0.2, 0) is 0 Å². The van der Waals surface area contributed by atoms with Crippen molar-refractivity contribution in [1.82, 2.24) is 15.3 Å². The van der Waals surface area contributed by atoms with E-state index >= 15 is 0 Å². The van der Waals surface area contributed by atoms with Gasteiger partial charge in [0.15, 0.2) is 0 Å². The lowest BCUT2D eigenvalue weighted by atomic mass is 10.0. The maximum absolute atomic E-state index is 13.9. The van der Waals surface area contributed by atoms with Crippen LogP contribution >= 0.6 is 0 Å². The highest BCUT2D eigenvalue weighted by Crippen LogP contribution is 2.41. The number of rotatable bonds is 4. The average molecular weight is 289 g/mol. The summed E-state index contributed by atoms with van der Waals surface area (Å²) in [5.74, 6) is -1.36. The Hall–Kier alpha value is -2.37. The van der Waals surface area contributed by atoms with Crippen LogP contribution in [0.5, 0.6) is 0 Å². The predicted octanol–water partition coefficient (Wildman–Crippen LogP) is 2.64. The molecule has 1 atom stereocenters. The number of halogens is 2. The molecule has 1 aliphatic carbocycles. The summed E-state index contributed by atoms with van der Waals surface area (Å²) in [6.45, 7) is 0. The zero-order valence-electron chi connectivity index (χ0n) is 11.1. The molecule has 1 aliphatic rings. The highest BCUT2D eigenvalue weighted by Gasteiger charge is 2.35. The maximum Gasteiger partial charge on any atom is 0.271 e. The van der Waals surface area contributed by atoms with Crippen molar-refractivity contribution < 1.29 is 13.6 Å². The quantitative estimate of drug-likeness (QED) is 0.941. The van der Waals surface area contributed by atoms with Crippen LogP contribution < -0.4 is 5.32 Å². The Morgan fingerprint density at radius 1 is 1.29 bits per heavy atom. The zero-order valence-corrected chi connectivity index (χ0v) is 11.1. The van der Waals surface area contributed by atoms with Gasteiger partial charge in [0, 0.05) is 18.0 Å². The lowest BCUT2D eigenvalue weighted by Crippen LogP contribution is -2.31. The van der Waals surface area contributed by atoms with Crippen LogP contribution in [0.4, 0.5) is 8.78 Å². The van der Waals surface area contributed by atoms with Crippen molar-refractivity contribution in [3.63, 3.8) is 0 Å². The molecule has 0 spiro atoms. The van der Waals surface area contributed by atoms with Gasteiger partial charge >= 0.3 is 0 Å². The Labute approximate surface area is 120 Å². The van der Waals surface area contributed by atoms with Gasteiger partial charge in [0.2, 0.25) is 0 Å². The smallest absolute Gasteiger partial charge is 0.271 e. The molecular weight excluding hydrogens is 276 g/mol. The van der Waals surface area contributed by atoms with E-state index in [0.717, 1.165) is 31.0 Å². The van der Waals surface area contributed by atoms with Gasteiger partial charge in [-0.05, 0) is 37.0 Å². The van der Waals surface area contributed by atoms with Gasteiger partial charge in [-0.2, -0.15) is 0 Å². The molecule has 0 saturated heterocycles. The summed E-state index contributed by atoms with van der Waals surface area (Å²) in [4.78, 5) is 19.9. The fourth-order valence-electron chi connectivity index (χ4n) is 2.26. The van der Waals surface area contributed by atoms with Crippen LogP contribution in [0.2, 0.25) is 0 Å². The summed E-state index contributed by atoms with van der Waals surface area (Å²) in [5, 5.41) is 2.73. The van der Waals surface area contributed by atoms with E-state index in [-0.39, 0.29) is 17.2 Å². The van der Waals surface area contributed by atoms with E-state index in [9.17, 15) is 13.6 Å². The Bertz CT molecular complexity index is 659. The summed E-state index contributed by atoms with van der Waals surface area (Å²) in [6.07, 6.45) is 5.95. The third-order valence-electron chi connectivity index (χ3n) is 3.47. The van der Waals surface area contributed by atoms with Crippen molar-refractivity contribution in [2.75, 3.05) is 0 Å². The third kappa shape index (κ3) is 3.04. The lowest BCUT2D eigenvalue weighted by molar-refractivity contribution is 0.0925. The fourth-order valence-corrected chi connectivity index (χ4v) is 2.26. The van der Waals surface area contributed by atoms with Crippen molar-refractivity contribution in [3.8, 4) is 0 Å². The Morgan fingerprint density at radius 3 is 2.76 bits per heavy atom. The van der Waals surface area contributed by atoms with Gasteiger partial charge in [-0.3, -0.25) is 9.78 Å². The topological polar surface area (TPSA) is 54.9 Å². The van der Waals surface area contributed by atoms with E-state index in [1.54, 1.807) is 0 Å². The second-order valence-corrected chi connectivity index (χ2v) is 5.05. The van der Waals surface area contributed by atoms with Gasteiger partial charge in [0.1, 0.15) is 17.3 Å². The largest absolute Gasteiger partial charge is 0.343 e. The van der Waals surface area contributed by atoms with E-state index in [1.165, 1.54) is 18.6 Å². The molecule has 108 valence electrons. The molecule has 3 rings (SSSR count). The minimum atomic E-state index is -0.546. The Balaban J connectivity index is 1.86. The van der Waals surface area contributed by atoms with Gasteiger partial charge in [-0.25, -0.2) is 13.8 Å². The SMILES string of the molecule is O=C(NC(c1cc(F)ccc1F)C1CC1)c1cnccn1. The molecule has 6 heteroatoms. The lowest BCUT2D eigenvalue weighted by Gasteiger charge is -2.19. The molecule has 1 heterocycles. The average Bonchev–Trinajstić information content (AvgIpc) is 3.33. The summed E-state index contributed by atoms with van der Waals surface area (Å²) in [6, 6.07) is 2.73. The first-order chi connectivity index (χ1) is 10.1. The number of hydrogen-bond donors (Lipinski definition) is 1. The summed E-state index contributed by atoms with van der Waals surface area (Å²) < 4.78 is 27.3. The molecule has 0 radical (unpaired) electrons.